The normalized spacial score (nSPS) is 11.5. The molecule has 0 bridgehead atoms. The van der Waals surface area contributed by atoms with Gasteiger partial charge in [0.2, 0.25) is 5.91 Å². The maximum Gasteiger partial charge on any atom is 0.330 e. The van der Waals surface area contributed by atoms with Gasteiger partial charge < -0.3 is 10.4 Å². The van der Waals surface area contributed by atoms with Crippen molar-refractivity contribution in [3.63, 3.8) is 0 Å². The Hall–Kier alpha value is -2.95. The Bertz CT molecular complexity index is 723. The van der Waals surface area contributed by atoms with Crippen LogP contribution in [0.2, 0.25) is 0 Å². The number of ketones is 1. The lowest BCUT2D eigenvalue weighted by atomic mass is 10.0. The fourth-order valence-electron chi connectivity index (χ4n) is 2.28. The fourth-order valence-corrected chi connectivity index (χ4v) is 2.28. The highest BCUT2D eigenvalue weighted by atomic mass is 16.4. The van der Waals surface area contributed by atoms with E-state index in [0.717, 1.165) is 5.56 Å². The summed E-state index contributed by atoms with van der Waals surface area (Å²) >= 11 is 0. The summed E-state index contributed by atoms with van der Waals surface area (Å²) in [5.74, 6) is -1.75. The van der Waals surface area contributed by atoms with E-state index in [1.165, 1.54) is 0 Å². The van der Waals surface area contributed by atoms with Crippen LogP contribution in [-0.4, -0.2) is 22.8 Å². The highest BCUT2D eigenvalue weighted by Gasteiger charge is 2.22. The van der Waals surface area contributed by atoms with Crippen LogP contribution in [0.25, 0.3) is 0 Å². The van der Waals surface area contributed by atoms with Crippen LogP contribution in [-0.2, 0) is 9.59 Å². The molecular formula is C19H19NO4. The summed E-state index contributed by atoms with van der Waals surface area (Å²) in [6.45, 7) is 1.93. The summed E-state index contributed by atoms with van der Waals surface area (Å²) in [6, 6.07) is 14.5. The van der Waals surface area contributed by atoms with E-state index in [1.54, 1.807) is 42.5 Å². The Morgan fingerprint density at radius 3 is 2.17 bits per heavy atom. The summed E-state index contributed by atoms with van der Waals surface area (Å²) in [6.07, 6.45) is -0.0145. The Kier molecular flexibility index (Phi) is 5.84. The maximum absolute atomic E-state index is 12.1. The predicted molar refractivity (Wildman–Crippen MR) is 89.7 cm³/mol. The van der Waals surface area contributed by atoms with Crippen molar-refractivity contribution in [2.45, 2.75) is 25.8 Å². The minimum absolute atomic E-state index is 0.0377. The van der Waals surface area contributed by atoms with Crippen LogP contribution in [0.1, 0.15) is 40.4 Å². The number of benzene rings is 2. The number of aliphatic carboxylic acids is 1. The minimum atomic E-state index is -1.14. The number of carboxylic acids is 1. The van der Waals surface area contributed by atoms with Crippen molar-refractivity contribution in [3.05, 3.63) is 71.3 Å². The number of carbonyl (C=O) groups excluding carboxylic acids is 2. The van der Waals surface area contributed by atoms with Crippen LogP contribution in [0.5, 0.6) is 0 Å². The van der Waals surface area contributed by atoms with Crippen molar-refractivity contribution >= 4 is 17.7 Å². The maximum atomic E-state index is 12.1. The van der Waals surface area contributed by atoms with Gasteiger partial charge in [0.05, 0.1) is 0 Å². The molecular weight excluding hydrogens is 306 g/mol. The predicted octanol–water partition coefficient (Wildman–Crippen LogP) is 2.90. The lowest BCUT2D eigenvalue weighted by Crippen LogP contribution is -2.33. The van der Waals surface area contributed by atoms with Gasteiger partial charge in [-0.3, -0.25) is 9.59 Å². The smallest absolute Gasteiger partial charge is 0.330 e. The second kappa shape index (κ2) is 8.06. The zero-order valence-electron chi connectivity index (χ0n) is 13.4. The quantitative estimate of drug-likeness (QED) is 0.767. The average Bonchev–Trinajstić information content (AvgIpc) is 2.58. The number of hydrogen-bond acceptors (Lipinski definition) is 3. The molecule has 0 spiro atoms. The second-order valence-corrected chi connectivity index (χ2v) is 5.54. The molecule has 0 aliphatic carbocycles. The number of carbonyl (C=O) groups is 3. The zero-order chi connectivity index (χ0) is 17.5. The summed E-state index contributed by atoms with van der Waals surface area (Å²) in [7, 11) is 0. The number of hydrogen-bond donors (Lipinski definition) is 2. The largest absolute Gasteiger partial charge is 0.479 e. The van der Waals surface area contributed by atoms with Crippen LogP contribution < -0.4 is 5.32 Å². The molecule has 0 aromatic heterocycles. The monoisotopic (exact) mass is 325 g/mol. The third-order valence-corrected chi connectivity index (χ3v) is 3.64. The molecule has 0 radical (unpaired) electrons. The first kappa shape index (κ1) is 17.4. The van der Waals surface area contributed by atoms with Gasteiger partial charge >= 0.3 is 5.97 Å². The number of amides is 1. The second-order valence-electron chi connectivity index (χ2n) is 5.54. The molecule has 1 amide bonds. The summed E-state index contributed by atoms with van der Waals surface area (Å²) in [5.41, 5.74) is 2.09. The van der Waals surface area contributed by atoms with Crippen LogP contribution in [0.4, 0.5) is 0 Å². The Morgan fingerprint density at radius 2 is 1.58 bits per heavy atom. The molecule has 0 heterocycles. The third kappa shape index (κ3) is 4.78. The SMILES string of the molecule is Cc1ccc(C(=O)CCC(=O)N[C@H](C(=O)O)c2ccccc2)cc1. The molecule has 2 aromatic rings. The molecule has 2 aromatic carbocycles. The van der Waals surface area contributed by atoms with E-state index in [0.29, 0.717) is 11.1 Å². The van der Waals surface area contributed by atoms with Crippen LogP contribution in [0, 0.1) is 6.92 Å². The van der Waals surface area contributed by atoms with Crippen molar-refractivity contribution in [1.29, 1.82) is 0 Å². The summed E-state index contributed by atoms with van der Waals surface area (Å²) in [5, 5.41) is 11.7. The van der Waals surface area contributed by atoms with E-state index in [-0.39, 0.29) is 18.6 Å². The van der Waals surface area contributed by atoms with E-state index in [9.17, 15) is 19.5 Å². The van der Waals surface area contributed by atoms with E-state index < -0.39 is 17.9 Å². The molecule has 0 aliphatic heterocycles. The van der Waals surface area contributed by atoms with Gasteiger partial charge in [0.15, 0.2) is 11.8 Å². The van der Waals surface area contributed by atoms with Gasteiger partial charge in [0, 0.05) is 18.4 Å². The molecule has 1 atom stereocenters. The standard InChI is InChI=1S/C19H19NO4/c1-13-7-9-14(10-8-13)16(21)11-12-17(22)20-18(19(23)24)15-5-3-2-4-6-15/h2-10,18H,11-12H2,1H3,(H,20,22)(H,23,24)/t18-/m0/s1. The zero-order valence-corrected chi connectivity index (χ0v) is 13.4. The number of nitrogens with one attached hydrogen (secondary N) is 1. The van der Waals surface area contributed by atoms with Crippen LogP contribution >= 0.6 is 0 Å². The Balaban J connectivity index is 1.93. The van der Waals surface area contributed by atoms with E-state index in [4.69, 9.17) is 0 Å². The number of rotatable bonds is 7. The first-order chi connectivity index (χ1) is 11.5. The Morgan fingerprint density at radius 1 is 0.958 bits per heavy atom. The Labute approximate surface area is 140 Å². The molecule has 2 N–H and O–H groups in total. The number of carboxylic acid groups (broad SMARTS) is 1. The van der Waals surface area contributed by atoms with Crippen molar-refractivity contribution < 1.29 is 19.5 Å². The topological polar surface area (TPSA) is 83.5 Å². The van der Waals surface area contributed by atoms with Crippen molar-refractivity contribution in [2.75, 3.05) is 0 Å². The molecule has 0 aliphatic rings. The molecule has 5 heteroatoms. The van der Waals surface area contributed by atoms with Crippen molar-refractivity contribution in [2.24, 2.45) is 0 Å². The number of Topliss-reactive ketones (excluding diaryl/α,β-unsaturated/α-hetero) is 1. The summed E-state index contributed by atoms with van der Waals surface area (Å²) in [4.78, 5) is 35.4. The molecule has 0 saturated carbocycles. The van der Waals surface area contributed by atoms with Gasteiger partial charge in [0.1, 0.15) is 0 Å². The third-order valence-electron chi connectivity index (χ3n) is 3.64. The van der Waals surface area contributed by atoms with Gasteiger partial charge in [-0.15, -0.1) is 0 Å². The van der Waals surface area contributed by atoms with Gasteiger partial charge in [-0.2, -0.15) is 0 Å². The summed E-state index contributed by atoms with van der Waals surface area (Å²) < 4.78 is 0. The average molecular weight is 325 g/mol. The first-order valence-corrected chi connectivity index (χ1v) is 7.64. The van der Waals surface area contributed by atoms with Crippen LogP contribution in [0.15, 0.2) is 54.6 Å². The fraction of sp³-hybridized carbons (Fsp3) is 0.211. The van der Waals surface area contributed by atoms with E-state index in [2.05, 4.69) is 5.32 Å². The number of aryl methyl sites for hydroxylation is 1. The van der Waals surface area contributed by atoms with Crippen molar-refractivity contribution in [3.8, 4) is 0 Å². The highest BCUT2D eigenvalue weighted by molar-refractivity contribution is 5.98. The van der Waals surface area contributed by atoms with Gasteiger partial charge in [-0.25, -0.2) is 4.79 Å². The molecule has 0 saturated heterocycles. The first-order valence-electron chi connectivity index (χ1n) is 7.64. The van der Waals surface area contributed by atoms with Crippen LogP contribution in [0.3, 0.4) is 0 Å². The van der Waals surface area contributed by atoms with E-state index in [1.807, 2.05) is 19.1 Å². The molecule has 124 valence electrons. The minimum Gasteiger partial charge on any atom is -0.479 e. The highest BCUT2D eigenvalue weighted by Crippen LogP contribution is 2.13. The van der Waals surface area contributed by atoms with Crippen molar-refractivity contribution in [1.82, 2.24) is 5.32 Å². The molecule has 24 heavy (non-hydrogen) atoms. The lowest BCUT2D eigenvalue weighted by Gasteiger charge is -2.14. The molecule has 0 unspecified atom stereocenters. The lowest BCUT2D eigenvalue weighted by molar-refractivity contribution is -0.142. The molecule has 2 rings (SSSR count). The van der Waals surface area contributed by atoms with Gasteiger partial charge in [-0.1, -0.05) is 60.2 Å². The molecule has 5 nitrogen and oxygen atoms in total. The van der Waals surface area contributed by atoms with Gasteiger partial charge in [-0.05, 0) is 12.5 Å². The molecule has 0 fully saturated rings. The van der Waals surface area contributed by atoms with E-state index >= 15 is 0 Å². The van der Waals surface area contributed by atoms with Gasteiger partial charge in [0.25, 0.3) is 0 Å².